The molecule has 1 aromatic heterocycles. The molecule has 0 spiro atoms. The zero-order valence-corrected chi connectivity index (χ0v) is 12.9. The maximum absolute atomic E-state index is 11.7. The summed E-state index contributed by atoms with van der Waals surface area (Å²) in [5, 5.41) is 5.03. The Morgan fingerprint density at radius 1 is 1.47 bits per heavy atom. The maximum Gasteiger partial charge on any atom is 0.211 e. The molecule has 0 unspecified atom stereocenters. The van der Waals surface area contributed by atoms with Gasteiger partial charge in [0.05, 0.1) is 5.75 Å². The summed E-state index contributed by atoms with van der Waals surface area (Å²) in [6, 6.07) is 1.92. The van der Waals surface area contributed by atoms with Crippen molar-refractivity contribution < 1.29 is 8.42 Å². The normalized spacial score (nSPS) is 11.9. The molecule has 0 aliphatic carbocycles. The van der Waals surface area contributed by atoms with Gasteiger partial charge >= 0.3 is 0 Å². The lowest BCUT2D eigenvalue weighted by molar-refractivity contribution is 0.576. The van der Waals surface area contributed by atoms with Crippen molar-refractivity contribution in [3.63, 3.8) is 0 Å². The van der Waals surface area contributed by atoms with Crippen LogP contribution in [0.5, 0.6) is 0 Å². The lowest BCUT2D eigenvalue weighted by Gasteiger charge is -2.06. The highest BCUT2D eigenvalue weighted by Gasteiger charge is 2.10. The van der Waals surface area contributed by atoms with Crippen LogP contribution in [-0.2, 0) is 16.6 Å². The van der Waals surface area contributed by atoms with Crippen LogP contribution in [0.4, 0.5) is 0 Å². The summed E-state index contributed by atoms with van der Waals surface area (Å²) in [5.74, 6) is 0.170. The highest BCUT2D eigenvalue weighted by Crippen LogP contribution is 2.22. The van der Waals surface area contributed by atoms with E-state index < -0.39 is 10.0 Å². The van der Waals surface area contributed by atoms with E-state index in [2.05, 4.69) is 26.0 Å². The van der Waals surface area contributed by atoms with Crippen molar-refractivity contribution in [1.29, 1.82) is 0 Å². The van der Waals surface area contributed by atoms with E-state index in [1.54, 1.807) is 0 Å². The summed E-state index contributed by atoms with van der Waals surface area (Å²) in [6.07, 6.45) is 0.634. The molecule has 0 aromatic carbocycles. The molecule has 2 N–H and O–H groups in total. The summed E-state index contributed by atoms with van der Waals surface area (Å²) < 4.78 is 26.9. The summed E-state index contributed by atoms with van der Waals surface area (Å²) in [7, 11) is -3.16. The smallest absolute Gasteiger partial charge is 0.211 e. The first-order valence-corrected chi connectivity index (χ1v) is 8.77. The minimum Gasteiger partial charge on any atom is -0.317 e. The first-order valence-electron chi connectivity index (χ1n) is 5.45. The number of rotatable bonds is 8. The third-order valence-electron chi connectivity index (χ3n) is 2.16. The second-order valence-corrected chi connectivity index (χ2v) is 7.32. The molecule has 4 nitrogen and oxygen atoms in total. The predicted octanol–water partition coefficient (Wildman–Crippen LogP) is 1.93. The van der Waals surface area contributed by atoms with Gasteiger partial charge in [0.2, 0.25) is 10.0 Å². The molecule has 98 valence electrons. The van der Waals surface area contributed by atoms with Crippen LogP contribution in [0.2, 0.25) is 0 Å². The van der Waals surface area contributed by atoms with E-state index >= 15 is 0 Å². The molecule has 0 radical (unpaired) electrons. The van der Waals surface area contributed by atoms with Gasteiger partial charge in [0.25, 0.3) is 0 Å². The topological polar surface area (TPSA) is 58.2 Å². The highest BCUT2D eigenvalue weighted by molar-refractivity contribution is 9.10. The number of sulfonamides is 1. The molecular weight excluding hydrogens is 324 g/mol. The lowest BCUT2D eigenvalue weighted by atomic mass is 10.5. The Morgan fingerprint density at radius 3 is 2.82 bits per heavy atom. The first-order chi connectivity index (χ1) is 8.05. The predicted molar refractivity (Wildman–Crippen MR) is 75.8 cm³/mol. The minimum atomic E-state index is -3.16. The molecule has 0 aliphatic rings. The molecule has 0 bridgehead atoms. The first kappa shape index (κ1) is 15.1. The highest BCUT2D eigenvalue weighted by atomic mass is 79.9. The van der Waals surface area contributed by atoms with Gasteiger partial charge in [0, 0.05) is 15.9 Å². The van der Waals surface area contributed by atoms with Gasteiger partial charge < -0.3 is 5.32 Å². The van der Waals surface area contributed by atoms with Gasteiger partial charge in [-0.2, -0.15) is 0 Å². The molecule has 0 fully saturated rings. The molecule has 1 heterocycles. The fraction of sp³-hybridized carbons (Fsp3) is 0.600. The van der Waals surface area contributed by atoms with Crippen LogP contribution in [0.1, 0.15) is 18.2 Å². The Labute approximate surface area is 115 Å². The van der Waals surface area contributed by atoms with Crippen molar-refractivity contribution in [3.8, 4) is 0 Å². The molecule has 17 heavy (non-hydrogen) atoms. The SMILES string of the molecule is CCNCCCS(=O)(=O)NCc1sccc1Br. The number of nitrogens with one attached hydrogen (secondary N) is 2. The molecule has 0 saturated heterocycles. The van der Waals surface area contributed by atoms with Crippen molar-refractivity contribution in [1.82, 2.24) is 10.0 Å². The quantitative estimate of drug-likeness (QED) is 0.711. The molecule has 0 saturated carbocycles. The van der Waals surface area contributed by atoms with Gasteiger partial charge in [0.1, 0.15) is 0 Å². The lowest BCUT2D eigenvalue weighted by Crippen LogP contribution is -2.27. The van der Waals surface area contributed by atoms with Crippen LogP contribution in [0, 0.1) is 0 Å². The van der Waals surface area contributed by atoms with Crippen LogP contribution in [0.25, 0.3) is 0 Å². The number of hydrogen-bond acceptors (Lipinski definition) is 4. The largest absolute Gasteiger partial charge is 0.317 e. The van der Waals surface area contributed by atoms with Crippen molar-refractivity contribution in [3.05, 3.63) is 20.8 Å². The molecule has 1 aromatic rings. The summed E-state index contributed by atoms with van der Waals surface area (Å²) in [5.41, 5.74) is 0. The van der Waals surface area contributed by atoms with E-state index in [1.807, 2.05) is 18.4 Å². The average molecular weight is 341 g/mol. The van der Waals surface area contributed by atoms with Gasteiger partial charge in [-0.15, -0.1) is 11.3 Å². The molecule has 1 rings (SSSR count). The van der Waals surface area contributed by atoms with Gasteiger partial charge in [-0.1, -0.05) is 6.92 Å². The number of thiophene rings is 1. The third kappa shape index (κ3) is 5.96. The number of halogens is 1. The zero-order valence-electron chi connectivity index (χ0n) is 9.70. The Bertz CT molecular complexity index is 431. The Morgan fingerprint density at radius 2 is 2.24 bits per heavy atom. The third-order valence-corrected chi connectivity index (χ3v) is 5.50. The van der Waals surface area contributed by atoms with Crippen LogP contribution >= 0.6 is 27.3 Å². The molecule has 0 aliphatic heterocycles. The van der Waals surface area contributed by atoms with E-state index in [9.17, 15) is 8.42 Å². The minimum absolute atomic E-state index is 0.170. The number of hydrogen-bond donors (Lipinski definition) is 2. The van der Waals surface area contributed by atoms with Crippen LogP contribution in [0.3, 0.4) is 0 Å². The van der Waals surface area contributed by atoms with Gasteiger partial charge in [-0.25, -0.2) is 13.1 Å². The van der Waals surface area contributed by atoms with Crippen molar-refractivity contribution >= 4 is 37.3 Å². The standard InChI is InChI=1S/C10H17BrN2O2S2/c1-2-12-5-3-7-17(14,15)13-8-10-9(11)4-6-16-10/h4,6,12-13H,2-3,5,7-8H2,1H3. The molecular formula is C10H17BrN2O2S2. The molecule has 0 amide bonds. The monoisotopic (exact) mass is 340 g/mol. The van der Waals surface area contributed by atoms with Gasteiger partial charge in [-0.05, 0) is 46.9 Å². The van der Waals surface area contributed by atoms with E-state index in [1.165, 1.54) is 11.3 Å². The second kappa shape index (κ2) is 7.48. The van der Waals surface area contributed by atoms with Gasteiger partial charge in [0.15, 0.2) is 0 Å². The Balaban J connectivity index is 2.32. The molecule has 0 atom stereocenters. The zero-order chi connectivity index (χ0) is 12.7. The van der Waals surface area contributed by atoms with E-state index in [0.717, 1.165) is 22.4 Å². The van der Waals surface area contributed by atoms with Crippen LogP contribution in [0.15, 0.2) is 15.9 Å². The maximum atomic E-state index is 11.7. The van der Waals surface area contributed by atoms with Crippen molar-refractivity contribution in [2.75, 3.05) is 18.8 Å². The van der Waals surface area contributed by atoms with Gasteiger partial charge in [-0.3, -0.25) is 0 Å². The summed E-state index contributed by atoms with van der Waals surface area (Å²) in [4.78, 5) is 1.00. The van der Waals surface area contributed by atoms with Crippen molar-refractivity contribution in [2.45, 2.75) is 19.9 Å². The molecule has 7 heteroatoms. The van der Waals surface area contributed by atoms with Crippen LogP contribution < -0.4 is 10.0 Å². The Hall–Kier alpha value is 0.0500. The van der Waals surface area contributed by atoms with E-state index in [0.29, 0.717) is 13.0 Å². The van der Waals surface area contributed by atoms with Crippen molar-refractivity contribution in [2.24, 2.45) is 0 Å². The summed E-state index contributed by atoms with van der Waals surface area (Å²) >= 11 is 4.91. The fourth-order valence-corrected chi connectivity index (χ4v) is 3.82. The second-order valence-electron chi connectivity index (χ2n) is 3.54. The van der Waals surface area contributed by atoms with E-state index in [-0.39, 0.29) is 5.75 Å². The van der Waals surface area contributed by atoms with E-state index in [4.69, 9.17) is 0 Å². The fourth-order valence-electron chi connectivity index (χ4n) is 1.26. The summed E-state index contributed by atoms with van der Waals surface area (Å²) in [6.45, 7) is 3.97. The average Bonchev–Trinajstić information content (AvgIpc) is 2.68. The Kier molecular flexibility index (Phi) is 6.65. The van der Waals surface area contributed by atoms with Crippen LogP contribution in [-0.4, -0.2) is 27.3 Å².